The van der Waals surface area contributed by atoms with E-state index in [0.717, 1.165) is 10.9 Å². The molecule has 0 spiro atoms. The van der Waals surface area contributed by atoms with E-state index in [9.17, 15) is 9.59 Å². The molecule has 136 valence electrons. The van der Waals surface area contributed by atoms with Crippen LogP contribution in [-0.4, -0.2) is 28.9 Å². The number of carbonyl (C=O) groups is 2. The van der Waals surface area contributed by atoms with E-state index in [1.807, 2.05) is 30.3 Å². The Labute approximate surface area is 156 Å². The van der Waals surface area contributed by atoms with Crippen molar-refractivity contribution >= 4 is 22.7 Å². The zero-order valence-corrected chi connectivity index (χ0v) is 14.9. The van der Waals surface area contributed by atoms with Gasteiger partial charge in [-0.25, -0.2) is 4.79 Å². The van der Waals surface area contributed by atoms with Gasteiger partial charge in [0.05, 0.1) is 11.6 Å². The number of nitrogens with zero attached hydrogens (tertiary/aromatic N) is 1. The van der Waals surface area contributed by atoms with E-state index in [-0.39, 0.29) is 5.78 Å². The molecular formula is C21H18N2O4. The number of rotatable bonds is 6. The van der Waals surface area contributed by atoms with Crippen molar-refractivity contribution in [2.24, 2.45) is 0 Å². The van der Waals surface area contributed by atoms with Gasteiger partial charge < -0.3 is 14.5 Å². The highest BCUT2D eigenvalue weighted by Gasteiger charge is 2.25. The van der Waals surface area contributed by atoms with Crippen molar-refractivity contribution in [3.8, 4) is 11.8 Å². The Hall–Kier alpha value is -3.59. The van der Waals surface area contributed by atoms with E-state index >= 15 is 0 Å². The van der Waals surface area contributed by atoms with E-state index in [0.29, 0.717) is 16.9 Å². The number of aromatic nitrogens is 1. The van der Waals surface area contributed by atoms with Gasteiger partial charge in [-0.1, -0.05) is 18.2 Å². The third kappa shape index (κ3) is 3.98. The molecule has 1 aromatic heterocycles. The molecule has 0 bridgehead atoms. The molecule has 0 unspecified atom stereocenters. The Bertz CT molecular complexity index is 1010. The SMILES string of the molecule is C[C@H](Oc1ccc(C#N)cc1)C(=O)O[C@H](C)C(=O)c1c[nH]c2ccccc12. The van der Waals surface area contributed by atoms with Gasteiger partial charge in [0, 0.05) is 22.7 Å². The molecule has 1 heterocycles. The summed E-state index contributed by atoms with van der Waals surface area (Å²) < 4.78 is 10.8. The number of fused-ring (bicyclic) bond motifs is 1. The number of hydrogen-bond acceptors (Lipinski definition) is 5. The van der Waals surface area contributed by atoms with Crippen LogP contribution >= 0.6 is 0 Å². The van der Waals surface area contributed by atoms with Crippen LogP contribution < -0.4 is 4.74 Å². The van der Waals surface area contributed by atoms with Crippen molar-refractivity contribution < 1.29 is 19.1 Å². The predicted octanol–water partition coefficient (Wildman–Crippen LogP) is 3.62. The van der Waals surface area contributed by atoms with Gasteiger partial charge in [0.15, 0.2) is 12.2 Å². The van der Waals surface area contributed by atoms with Crippen LogP contribution in [0, 0.1) is 11.3 Å². The molecule has 1 N–H and O–H groups in total. The monoisotopic (exact) mass is 362 g/mol. The zero-order valence-electron chi connectivity index (χ0n) is 14.9. The lowest BCUT2D eigenvalue weighted by Gasteiger charge is -2.17. The van der Waals surface area contributed by atoms with Gasteiger partial charge in [-0.15, -0.1) is 0 Å². The van der Waals surface area contributed by atoms with Gasteiger partial charge in [0.2, 0.25) is 5.78 Å². The average molecular weight is 362 g/mol. The molecule has 27 heavy (non-hydrogen) atoms. The molecule has 6 heteroatoms. The Balaban J connectivity index is 1.63. The van der Waals surface area contributed by atoms with E-state index in [1.54, 1.807) is 37.4 Å². The summed E-state index contributed by atoms with van der Waals surface area (Å²) in [7, 11) is 0. The molecule has 0 aliphatic heterocycles. The number of nitrogens with one attached hydrogen (secondary N) is 1. The maximum absolute atomic E-state index is 12.6. The summed E-state index contributed by atoms with van der Waals surface area (Å²) in [6.45, 7) is 3.08. The lowest BCUT2D eigenvalue weighted by molar-refractivity contribution is -0.153. The van der Waals surface area contributed by atoms with E-state index in [2.05, 4.69) is 4.98 Å². The highest BCUT2D eigenvalue weighted by molar-refractivity contribution is 6.10. The number of hydrogen-bond donors (Lipinski definition) is 1. The molecule has 0 aliphatic rings. The number of nitriles is 1. The summed E-state index contributed by atoms with van der Waals surface area (Å²) in [5.74, 6) is -0.486. The molecule has 3 rings (SSSR count). The van der Waals surface area contributed by atoms with Crippen molar-refractivity contribution in [1.82, 2.24) is 4.98 Å². The molecule has 2 atom stereocenters. The fraction of sp³-hybridized carbons (Fsp3) is 0.190. The lowest BCUT2D eigenvalue weighted by atomic mass is 10.1. The third-order valence-electron chi connectivity index (χ3n) is 4.15. The molecule has 3 aromatic rings. The second-order valence-corrected chi connectivity index (χ2v) is 6.09. The smallest absolute Gasteiger partial charge is 0.347 e. The van der Waals surface area contributed by atoms with Crippen LogP contribution in [0.15, 0.2) is 54.7 Å². The molecule has 0 amide bonds. The van der Waals surface area contributed by atoms with Gasteiger partial charge >= 0.3 is 5.97 Å². The number of aromatic amines is 1. The minimum atomic E-state index is -0.941. The summed E-state index contributed by atoms with van der Waals surface area (Å²) in [6.07, 6.45) is -0.214. The second kappa shape index (κ2) is 7.75. The number of ketones is 1. The Morgan fingerprint density at radius 1 is 1.04 bits per heavy atom. The highest BCUT2D eigenvalue weighted by atomic mass is 16.6. The summed E-state index contributed by atoms with van der Waals surface area (Å²) in [4.78, 5) is 27.9. The van der Waals surface area contributed by atoms with Crippen molar-refractivity contribution in [2.45, 2.75) is 26.1 Å². The molecule has 0 fully saturated rings. The fourth-order valence-corrected chi connectivity index (χ4v) is 2.68. The van der Waals surface area contributed by atoms with Crippen molar-refractivity contribution in [3.63, 3.8) is 0 Å². The first-order valence-corrected chi connectivity index (χ1v) is 8.47. The molecule has 6 nitrogen and oxygen atoms in total. The maximum atomic E-state index is 12.6. The number of H-pyrrole nitrogens is 1. The number of esters is 1. The first-order chi connectivity index (χ1) is 13.0. The number of Topliss-reactive ketones (excluding diaryl/α,β-unsaturated/α-hetero) is 1. The number of benzene rings is 2. The normalized spacial score (nSPS) is 12.8. The molecule has 0 aliphatic carbocycles. The minimum Gasteiger partial charge on any atom is -0.479 e. The summed E-state index contributed by atoms with van der Waals surface area (Å²) in [6, 6.07) is 15.8. The van der Waals surface area contributed by atoms with Gasteiger partial charge in [0.1, 0.15) is 5.75 Å². The predicted molar refractivity (Wildman–Crippen MR) is 99.4 cm³/mol. The van der Waals surface area contributed by atoms with Crippen LogP contribution in [-0.2, 0) is 9.53 Å². The van der Waals surface area contributed by atoms with Crippen molar-refractivity contribution in [2.75, 3.05) is 0 Å². The zero-order chi connectivity index (χ0) is 19.4. The number of carbonyl (C=O) groups excluding carboxylic acids is 2. The van der Waals surface area contributed by atoms with Gasteiger partial charge in [0.25, 0.3) is 0 Å². The van der Waals surface area contributed by atoms with E-state index in [4.69, 9.17) is 14.7 Å². The topological polar surface area (TPSA) is 92.2 Å². The van der Waals surface area contributed by atoms with Gasteiger partial charge in [-0.3, -0.25) is 4.79 Å². The van der Waals surface area contributed by atoms with Crippen LogP contribution in [0.4, 0.5) is 0 Å². The summed E-state index contributed by atoms with van der Waals surface area (Å²) in [5.41, 5.74) is 1.82. The van der Waals surface area contributed by atoms with E-state index < -0.39 is 18.2 Å². The van der Waals surface area contributed by atoms with Crippen LogP contribution in [0.5, 0.6) is 5.75 Å². The summed E-state index contributed by atoms with van der Waals surface area (Å²) >= 11 is 0. The van der Waals surface area contributed by atoms with E-state index in [1.165, 1.54) is 6.92 Å². The molecule has 0 saturated heterocycles. The van der Waals surface area contributed by atoms with Crippen LogP contribution in [0.1, 0.15) is 29.8 Å². The van der Waals surface area contributed by atoms with Crippen molar-refractivity contribution in [1.29, 1.82) is 5.26 Å². The number of para-hydroxylation sites is 1. The van der Waals surface area contributed by atoms with Gasteiger partial charge in [-0.2, -0.15) is 5.26 Å². The molecular weight excluding hydrogens is 344 g/mol. The van der Waals surface area contributed by atoms with Gasteiger partial charge in [-0.05, 0) is 44.2 Å². The number of ether oxygens (including phenoxy) is 2. The standard InChI is InChI=1S/C21H18N2O4/c1-13(20(24)18-12-23-19-6-4-3-5-17(18)19)27-21(25)14(2)26-16-9-7-15(11-22)8-10-16/h3-10,12-14,23H,1-2H3/t13-,14+/m1/s1. The minimum absolute atomic E-state index is 0.286. The third-order valence-corrected chi connectivity index (χ3v) is 4.15. The fourth-order valence-electron chi connectivity index (χ4n) is 2.68. The highest BCUT2D eigenvalue weighted by Crippen LogP contribution is 2.20. The molecule has 0 radical (unpaired) electrons. The van der Waals surface area contributed by atoms with Crippen molar-refractivity contribution in [3.05, 3.63) is 65.9 Å². The maximum Gasteiger partial charge on any atom is 0.347 e. The Kier molecular flexibility index (Phi) is 5.23. The largest absolute Gasteiger partial charge is 0.479 e. The van der Waals surface area contributed by atoms with Crippen LogP contribution in [0.2, 0.25) is 0 Å². The second-order valence-electron chi connectivity index (χ2n) is 6.09. The Morgan fingerprint density at radius 2 is 1.74 bits per heavy atom. The van der Waals surface area contributed by atoms with Crippen LogP contribution in [0.3, 0.4) is 0 Å². The lowest BCUT2D eigenvalue weighted by Crippen LogP contribution is -2.32. The first kappa shape index (κ1) is 18.2. The first-order valence-electron chi connectivity index (χ1n) is 8.47. The average Bonchev–Trinajstić information content (AvgIpc) is 3.12. The van der Waals surface area contributed by atoms with Crippen LogP contribution in [0.25, 0.3) is 10.9 Å². The summed E-state index contributed by atoms with van der Waals surface area (Å²) in [5, 5.41) is 9.58. The molecule has 0 saturated carbocycles. The molecule has 2 aromatic carbocycles. The quantitative estimate of drug-likeness (QED) is 0.534. The Morgan fingerprint density at radius 3 is 2.44 bits per heavy atom.